The number of hydrogen-bond acceptors (Lipinski definition) is 3. The van der Waals surface area contributed by atoms with E-state index in [0.29, 0.717) is 23.8 Å². The normalized spacial score (nSPS) is 10.3. The molecule has 0 saturated heterocycles. The Morgan fingerprint density at radius 2 is 2.28 bits per heavy atom. The molecule has 0 aliphatic carbocycles. The van der Waals surface area contributed by atoms with Crippen LogP contribution in [0.3, 0.4) is 0 Å². The summed E-state index contributed by atoms with van der Waals surface area (Å²) >= 11 is 9.00. The molecule has 2 aromatic heterocycles. The molecule has 1 amide bonds. The molecule has 0 fully saturated rings. The highest BCUT2D eigenvalue weighted by molar-refractivity contribution is 9.10. The van der Waals surface area contributed by atoms with Gasteiger partial charge in [0.1, 0.15) is 5.82 Å². The molecule has 7 heteroatoms. The number of nitrogens with zero attached hydrogens (tertiary/aromatic N) is 3. The van der Waals surface area contributed by atoms with Gasteiger partial charge in [0.2, 0.25) is 5.91 Å². The van der Waals surface area contributed by atoms with Gasteiger partial charge in [-0.05, 0) is 28.1 Å². The van der Waals surface area contributed by atoms with Crippen molar-refractivity contribution in [1.29, 1.82) is 0 Å². The minimum atomic E-state index is -0.114. The van der Waals surface area contributed by atoms with Crippen LogP contribution in [-0.2, 0) is 11.3 Å². The Labute approximate surface area is 117 Å². The number of carbonyl (C=O) groups is 1. The number of hydrogen-bond donors (Lipinski definition) is 1. The quantitative estimate of drug-likeness (QED) is 0.938. The maximum absolute atomic E-state index is 11.6. The summed E-state index contributed by atoms with van der Waals surface area (Å²) in [5.74, 6) is 0.415. The third-order valence-electron chi connectivity index (χ3n) is 2.16. The van der Waals surface area contributed by atoms with Crippen LogP contribution in [0.15, 0.2) is 35.2 Å². The van der Waals surface area contributed by atoms with E-state index in [9.17, 15) is 4.79 Å². The topological polar surface area (TPSA) is 59.8 Å². The van der Waals surface area contributed by atoms with Gasteiger partial charge in [-0.2, -0.15) is 5.10 Å². The van der Waals surface area contributed by atoms with Crippen molar-refractivity contribution in [2.24, 2.45) is 0 Å². The zero-order valence-electron chi connectivity index (χ0n) is 9.31. The highest BCUT2D eigenvalue weighted by atomic mass is 79.9. The third-order valence-corrected chi connectivity index (χ3v) is 2.83. The first-order chi connectivity index (χ1) is 8.63. The Bertz CT molecular complexity index is 540. The lowest BCUT2D eigenvalue weighted by Crippen LogP contribution is -2.15. The SMILES string of the molecule is O=C(CCn1cc(Cl)cn1)Nc1ccc(Br)cn1. The van der Waals surface area contributed by atoms with Crippen molar-refractivity contribution < 1.29 is 4.79 Å². The summed E-state index contributed by atoms with van der Waals surface area (Å²) in [5.41, 5.74) is 0. The number of pyridine rings is 1. The molecule has 0 aliphatic rings. The lowest BCUT2D eigenvalue weighted by atomic mass is 10.4. The van der Waals surface area contributed by atoms with E-state index in [-0.39, 0.29) is 5.91 Å². The minimum absolute atomic E-state index is 0.114. The van der Waals surface area contributed by atoms with E-state index in [1.807, 2.05) is 6.07 Å². The van der Waals surface area contributed by atoms with Gasteiger partial charge in [-0.15, -0.1) is 0 Å². The van der Waals surface area contributed by atoms with Crippen LogP contribution < -0.4 is 5.32 Å². The highest BCUT2D eigenvalue weighted by Gasteiger charge is 2.04. The average molecular weight is 330 g/mol. The fourth-order valence-corrected chi connectivity index (χ4v) is 1.72. The van der Waals surface area contributed by atoms with Crippen LogP contribution in [0.25, 0.3) is 0 Å². The van der Waals surface area contributed by atoms with E-state index in [1.54, 1.807) is 23.1 Å². The number of nitrogens with one attached hydrogen (secondary N) is 1. The lowest BCUT2D eigenvalue weighted by molar-refractivity contribution is -0.116. The van der Waals surface area contributed by atoms with Crippen molar-refractivity contribution in [2.75, 3.05) is 5.32 Å². The van der Waals surface area contributed by atoms with Crippen molar-refractivity contribution in [3.63, 3.8) is 0 Å². The van der Waals surface area contributed by atoms with Crippen LogP contribution in [0.4, 0.5) is 5.82 Å². The molecule has 94 valence electrons. The molecule has 5 nitrogen and oxygen atoms in total. The van der Waals surface area contributed by atoms with Crippen LogP contribution in [0, 0.1) is 0 Å². The number of aromatic nitrogens is 3. The van der Waals surface area contributed by atoms with Crippen molar-refractivity contribution in [1.82, 2.24) is 14.8 Å². The summed E-state index contributed by atoms with van der Waals surface area (Å²) in [6.45, 7) is 0.481. The van der Waals surface area contributed by atoms with E-state index in [1.165, 1.54) is 6.20 Å². The van der Waals surface area contributed by atoms with Crippen LogP contribution >= 0.6 is 27.5 Å². The molecule has 2 heterocycles. The van der Waals surface area contributed by atoms with Crippen LogP contribution in [0.2, 0.25) is 5.02 Å². The molecule has 2 rings (SSSR count). The van der Waals surface area contributed by atoms with Gasteiger partial charge in [0.25, 0.3) is 0 Å². The van der Waals surface area contributed by atoms with Gasteiger partial charge in [-0.3, -0.25) is 9.48 Å². The maximum Gasteiger partial charge on any atom is 0.227 e. The van der Waals surface area contributed by atoms with Crippen LogP contribution in [0.1, 0.15) is 6.42 Å². The fraction of sp³-hybridized carbons (Fsp3) is 0.182. The second-order valence-corrected chi connectivity index (χ2v) is 4.93. The first kappa shape index (κ1) is 13.0. The van der Waals surface area contributed by atoms with Crippen LogP contribution in [0.5, 0.6) is 0 Å². The molecule has 0 aliphatic heterocycles. The molecule has 0 aromatic carbocycles. The molecule has 0 atom stereocenters. The molecule has 18 heavy (non-hydrogen) atoms. The number of carbonyl (C=O) groups excluding carboxylic acids is 1. The van der Waals surface area contributed by atoms with E-state index in [2.05, 4.69) is 31.3 Å². The van der Waals surface area contributed by atoms with Crippen LogP contribution in [-0.4, -0.2) is 20.7 Å². The van der Waals surface area contributed by atoms with Gasteiger partial charge in [0.15, 0.2) is 0 Å². The predicted octanol–water partition coefficient (Wildman–Crippen LogP) is 2.72. The monoisotopic (exact) mass is 328 g/mol. The van der Waals surface area contributed by atoms with E-state index < -0.39 is 0 Å². The second-order valence-electron chi connectivity index (χ2n) is 3.58. The Morgan fingerprint density at radius 1 is 1.44 bits per heavy atom. The summed E-state index contributed by atoms with van der Waals surface area (Å²) in [6.07, 6.45) is 5.15. The average Bonchev–Trinajstić information content (AvgIpc) is 2.76. The van der Waals surface area contributed by atoms with Crippen molar-refractivity contribution in [2.45, 2.75) is 13.0 Å². The highest BCUT2D eigenvalue weighted by Crippen LogP contribution is 2.11. The summed E-state index contributed by atoms with van der Waals surface area (Å²) in [6, 6.07) is 3.54. The number of anilines is 1. The Hall–Kier alpha value is -1.40. The molecule has 0 unspecified atom stereocenters. The van der Waals surface area contributed by atoms with Gasteiger partial charge >= 0.3 is 0 Å². The summed E-state index contributed by atoms with van der Waals surface area (Å²) < 4.78 is 2.49. The van der Waals surface area contributed by atoms with E-state index in [0.717, 1.165) is 4.47 Å². The van der Waals surface area contributed by atoms with Gasteiger partial charge in [0, 0.05) is 29.8 Å². The molecular weight excluding hydrogens is 320 g/mol. The summed E-state index contributed by atoms with van der Waals surface area (Å²) in [4.78, 5) is 15.7. The standard InChI is InChI=1S/C11H10BrClN4O/c12-8-1-2-10(14-5-8)16-11(18)3-4-17-7-9(13)6-15-17/h1-2,5-7H,3-4H2,(H,14,16,18). The fourth-order valence-electron chi connectivity index (χ4n) is 1.33. The molecule has 2 aromatic rings. The van der Waals surface area contributed by atoms with Gasteiger partial charge in [-0.1, -0.05) is 11.6 Å². The largest absolute Gasteiger partial charge is 0.311 e. The number of rotatable bonds is 4. The maximum atomic E-state index is 11.6. The number of aryl methyl sites for hydroxylation is 1. The first-order valence-corrected chi connectivity index (χ1v) is 6.40. The van der Waals surface area contributed by atoms with Gasteiger partial charge < -0.3 is 5.32 Å². The minimum Gasteiger partial charge on any atom is -0.311 e. The molecule has 0 radical (unpaired) electrons. The number of amides is 1. The van der Waals surface area contributed by atoms with E-state index in [4.69, 9.17) is 11.6 Å². The van der Waals surface area contributed by atoms with Crippen molar-refractivity contribution >= 4 is 39.3 Å². The lowest BCUT2D eigenvalue weighted by Gasteiger charge is -2.04. The summed E-state index contributed by atoms with van der Waals surface area (Å²) in [5, 5.41) is 7.25. The van der Waals surface area contributed by atoms with E-state index >= 15 is 0 Å². The van der Waals surface area contributed by atoms with Gasteiger partial charge in [-0.25, -0.2) is 4.98 Å². The molecule has 0 saturated carbocycles. The third kappa shape index (κ3) is 3.82. The second kappa shape index (κ2) is 5.97. The zero-order valence-corrected chi connectivity index (χ0v) is 11.6. The Balaban J connectivity index is 1.83. The smallest absolute Gasteiger partial charge is 0.227 e. The first-order valence-electron chi connectivity index (χ1n) is 5.23. The molecular formula is C11H10BrClN4O. The van der Waals surface area contributed by atoms with Crippen molar-refractivity contribution in [3.05, 3.63) is 40.2 Å². The number of halogens is 2. The summed E-state index contributed by atoms with van der Waals surface area (Å²) in [7, 11) is 0. The zero-order chi connectivity index (χ0) is 13.0. The van der Waals surface area contributed by atoms with Gasteiger partial charge in [0.05, 0.1) is 11.2 Å². The molecule has 1 N–H and O–H groups in total. The van der Waals surface area contributed by atoms with Crippen molar-refractivity contribution in [3.8, 4) is 0 Å². The molecule has 0 spiro atoms. The Kier molecular flexibility index (Phi) is 4.33. The predicted molar refractivity (Wildman–Crippen MR) is 72.4 cm³/mol. The molecule has 0 bridgehead atoms. The Morgan fingerprint density at radius 3 is 2.89 bits per heavy atom.